The molecule has 0 radical (unpaired) electrons. The van der Waals surface area contributed by atoms with E-state index in [0.717, 1.165) is 30.4 Å². The first kappa shape index (κ1) is 19.9. The number of ether oxygens (including phenoxy) is 2. The molecule has 4 atom stereocenters. The second kappa shape index (κ2) is 7.40. The van der Waals surface area contributed by atoms with Crippen LogP contribution >= 0.6 is 0 Å². The molecule has 0 saturated heterocycles. The zero-order chi connectivity index (χ0) is 21.9. The zero-order valence-corrected chi connectivity index (χ0v) is 19.3. The van der Waals surface area contributed by atoms with Crippen molar-refractivity contribution in [2.24, 2.45) is 18.9 Å². The van der Waals surface area contributed by atoms with Gasteiger partial charge in [-0.2, -0.15) is 0 Å². The Bertz CT molecular complexity index is 1150. The van der Waals surface area contributed by atoms with E-state index in [4.69, 9.17) is 9.47 Å². The van der Waals surface area contributed by atoms with Crippen LogP contribution in [0.3, 0.4) is 0 Å². The minimum atomic E-state index is 0.214. The molecule has 0 spiro atoms. The third kappa shape index (κ3) is 2.92. The van der Waals surface area contributed by atoms with Crippen LogP contribution in [0, 0.1) is 11.8 Å². The Morgan fingerprint density at radius 1 is 1.12 bits per heavy atom. The Morgan fingerprint density at radius 3 is 2.78 bits per heavy atom. The molecule has 1 fully saturated rings. The van der Waals surface area contributed by atoms with E-state index in [9.17, 15) is 0 Å². The summed E-state index contributed by atoms with van der Waals surface area (Å²) in [6, 6.07) is 17.3. The lowest BCUT2D eigenvalue weighted by atomic mass is 9.55. The van der Waals surface area contributed by atoms with Crippen molar-refractivity contribution < 1.29 is 9.47 Å². The van der Waals surface area contributed by atoms with Crippen molar-refractivity contribution in [3.8, 4) is 11.6 Å². The van der Waals surface area contributed by atoms with Gasteiger partial charge in [0.25, 0.3) is 0 Å². The highest BCUT2D eigenvalue weighted by atomic mass is 16.5. The first-order chi connectivity index (χ1) is 15.6. The summed E-state index contributed by atoms with van der Waals surface area (Å²) in [5.74, 6) is 3.90. The van der Waals surface area contributed by atoms with E-state index in [0.29, 0.717) is 18.4 Å². The molecular weight excluding hydrogens is 396 g/mol. The molecule has 0 amide bonds. The van der Waals surface area contributed by atoms with Gasteiger partial charge < -0.3 is 9.47 Å². The molecule has 3 aliphatic rings. The van der Waals surface area contributed by atoms with E-state index in [1.165, 1.54) is 41.6 Å². The molecule has 1 aromatic heterocycles. The molecule has 3 aliphatic carbocycles. The fourth-order valence-corrected chi connectivity index (χ4v) is 7.21. The van der Waals surface area contributed by atoms with Gasteiger partial charge in [-0.15, -0.1) is 5.10 Å². The van der Waals surface area contributed by atoms with E-state index in [1.807, 2.05) is 6.07 Å². The first-order valence-electron chi connectivity index (χ1n) is 12.0. The number of aryl methyl sites for hydroxylation is 2. The monoisotopic (exact) mass is 428 g/mol. The summed E-state index contributed by atoms with van der Waals surface area (Å²) in [5, 5.41) is 4.66. The Balaban J connectivity index is 1.25. The maximum Gasteiger partial charge on any atom is 0.236 e. The average Bonchev–Trinajstić information content (AvgIpc) is 3.32. The Kier molecular flexibility index (Phi) is 4.60. The molecule has 3 unspecified atom stereocenters. The van der Waals surface area contributed by atoms with Crippen molar-refractivity contribution in [3.05, 3.63) is 76.5 Å². The highest BCUT2D eigenvalue weighted by Crippen LogP contribution is 2.61. The second-order valence-corrected chi connectivity index (χ2v) is 10.2. The van der Waals surface area contributed by atoms with Crippen LogP contribution in [0.4, 0.5) is 0 Å². The van der Waals surface area contributed by atoms with Gasteiger partial charge in [-0.05, 0) is 78.7 Å². The van der Waals surface area contributed by atoms with Crippen molar-refractivity contribution in [2.75, 3.05) is 7.11 Å². The first-order valence-corrected chi connectivity index (χ1v) is 12.0. The molecule has 1 heterocycles. The molecule has 1 saturated carbocycles. The number of nitrogens with zero attached hydrogens (tertiary/aromatic N) is 2. The van der Waals surface area contributed by atoms with Crippen LogP contribution in [0.15, 0.2) is 48.5 Å². The summed E-state index contributed by atoms with van der Waals surface area (Å²) in [4.78, 5) is 0. The van der Waals surface area contributed by atoms with Crippen LogP contribution in [-0.2, 0) is 31.9 Å². The van der Waals surface area contributed by atoms with Crippen LogP contribution in [0.5, 0.6) is 11.6 Å². The molecule has 0 N–H and O–H groups in total. The molecule has 0 aliphatic heterocycles. The van der Waals surface area contributed by atoms with E-state index < -0.39 is 0 Å². The molecule has 166 valence electrons. The highest BCUT2D eigenvalue weighted by Gasteiger charge is 2.55. The normalized spacial score (nSPS) is 27.8. The van der Waals surface area contributed by atoms with Gasteiger partial charge in [0.2, 0.25) is 5.88 Å². The van der Waals surface area contributed by atoms with E-state index >= 15 is 0 Å². The van der Waals surface area contributed by atoms with E-state index in [-0.39, 0.29) is 5.41 Å². The fourth-order valence-electron chi connectivity index (χ4n) is 7.21. The number of hydrogen-bond donors (Lipinski definition) is 0. The van der Waals surface area contributed by atoms with Crippen molar-refractivity contribution >= 4 is 0 Å². The van der Waals surface area contributed by atoms with Crippen LogP contribution in [-0.4, -0.2) is 16.9 Å². The highest BCUT2D eigenvalue weighted by molar-refractivity contribution is 5.46. The number of rotatable bonds is 4. The molecule has 4 nitrogen and oxygen atoms in total. The molecule has 6 rings (SSSR count). The Morgan fingerprint density at radius 2 is 1.97 bits per heavy atom. The number of hydrogen-bond acceptors (Lipinski definition) is 3. The quantitative estimate of drug-likeness (QED) is 0.544. The van der Waals surface area contributed by atoms with Gasteiger partial charge in [-0.3, -0.25) is 4.68 Å². The standard InChI is InChI=1S/C28H32N2O2/c1-28-14-13-22-21-12-10-20(32-17-18-7-5-4-6-8-18)15-19(21)9-11-23(22)25(28)16-24-26(28)30(2)29-27(24)31-3/h4-8,10,12,15,22-23,25H,9,11,13-14,16-17H2,1-3H3/t22?,23?,25?,28-/m0/s1. The molecular formula is C28H32N2O2. The SMILES string of the molecule is COc1nn(C)c2c1CC1C3CCc4cc(OCc5ccccc5)ccc4C3CC[C@]21C. The Hall–Kier alpha value is -2.75. The summed E-state index contributed by atoms with van der Waals surface area (Å²) >= 11 is 0. The largest absolute Gasteiger partial charge is 0.489 e. The molecule has 32 heavy (non-hydrogen) atoms. The van der Waals surface area contributed by atoms with Crippen molar-refractivity contribution in [3.63, 3.8) is 0 Å². The molecule has 2 aromatic carbocycles. The third-order valence-corrected chi connectivity index (χ3v) is 8.60. The average molecular weight is 429 g/mol. The van der Waals surface area contributed by atoms with E-state index in [1.54, 1.807) is 12.7 Å². The molecule has 0 bridgehead atoms. The topological polar surface area (TPSA) is 36.3 Å². The van der Waals surface area contributed by atoms with Gasteiger partial charge in [0.1, 0.15) is 12.4 Å². The predicted octanol–water partition coefficient (Wildman–Crippen LogP) is 5.58. The van der Waals surface area contributed by atoms with Crippen LogP contribution in [0.1, 0.15) is 60.1 Å². The lowest BCUT2D eigenvalue weighted by Gasteiger charge is -2.49. The summed E-state index contributed by atoms with van der Waals surface area (Å²) in [6.07, 6.45) is 6.00. The van der Waals surface area contributed by atoms with Gasteiger partial charge in [-0.25, -0.2) is 0 Å². The van der Waals surface area contributed by atoms with Crippen molar-refractivity contribution in [1.82, 2.24) is 9.78 Å². The maximum absolute atomic E-state index is 6.13. The third-order valence-electron chi connectivity index (χ3n) is 8.60. The second-order valence-electron chi connectivity index (χ2n) is 10.2. The van der Waals surface area contributed by atoms with Gasteiger partial charge in [0, 0.05) is 18.0 Å². The fraction of sp³-hybridized carbons (Fsp3) is 0.464. The van der Waals surface area contributed by atoms with E-state index in [2.05, 4.69) is 66.2 Å². The number of aromatic nitrogens is 2. The van der Waals surface area contributed by atoms with Crippen LogP contribution < -0.4 is 9.47 Å². The summed E-state index contributed by atoms with van der Waals surface area (Å²) in [7, 11) is 3.85. The molecule has 3 aromatic rings. The number of fused-ring (bicyclic) bond motifs is 7. The predicted molar refractivity (Wildman–Crippen MR) is 125 cm³/mol. The lowest BCUT2D eigenvalue weighted by Crippen LogP contribution is -2.44. The molecule has 4 heteroatoms. The smallest absolute Gasteiger partial charge is 0.236 e. The van der Waals surface area contributed by atoms with Crippen molar-refractivity contribution in [1.29, 1.82) is 0 Å². The van der Waals surface area contributed by atoms with Crippen LogP contribution in [0.25, 0.3) is 0 Å². The van der Waals surface area contributed by atoms with Crippen LogP contribution in [0.2, 0.25) is 0 Å². The van der Waals surface area contributed by atoms with Gasteiger partial charge >= 0.3 is 0 Å². The lowest BCUT2D eigenvalue weighted by molar-refractivity contribution is 0.100. The zero-order valence-electron chi connectivity index (χ0n) is 19.3. The van der Waals surface area contributed by atoms with Crippen molar-refractivity contribution in [2.45, 2.75) is 57.0 Å². The minimum absolute atomic E-state index is 0.214. The summed E-state index contributed by atoms with van der Waals surface area (Å²) < 4.78 is 13.9. The summed E-state index contributed by atoms with van der Waals surface area (Å²) in [6.45, 7) is 3.11. The van der Waals surface area contributed by atoms with Gasteiger partial charge in [-0.1, -0.05) is 43.3 Å². The maximum atomic E-state index is 6.13. The Labute approximate surface area is 190 Å². The van der Waals surface area contributed by atoms with Gasteiger partial charge in [0.15, 0.2) is 0 Å². The number of benzene rings is 2. The minimum Gasteiger partial charge on any atom is -0.489 e. The van der Waals surface area contributed by atoms with Gasteiger partial charge in [0.05, 0.1) is 12.8 Å². The summed E-state index contributed by atoms with van der Waals surface area (Å²) in [5.41, 5.74) is 7.27. The number of methoxy groups -OCH3 is 1.